The number of ether oxygens (including phenoxy) is 4. The molecule has 55 heavy (non-hydrogen) atoms. The molecular formula is C42H72N4O9. The molecular weight excluding hydrogens is 704 g/mol. The number of aliphatic hydroxyl groups excluding tert-OH is 1. The lowest BCUT2D eigenvalue weighted by atomic mass is 9.39. The maximum Gasteiger partial charge on any atom is 0.160 e. The van der Waals surface area contributed by atoms with Crippen molar-refractivity contribution in [2.45, 2.75) is 194 Å². The van der Waals surface area contributed by atoms with E-state index in [-0.39, 0.29) is 59.2 Å². The van der Waals surface area contributed by atoms with Gasteiger partial charge in [-0.1, -0.05) is 63.5 Å². The van der Waals surface area contributed by atoms with Crippen LogP contribution in [-0.2, 0) is 28.6 Å². The van der Waals surface area contributed by atoms with E-state index in [1.54, 1.807) is 5.57 Å². The molecule has 13 nitrogen and oxygen atoms in total. The highest BCUT2D eigenvalue weighted by atomic mass is 16.7. The first-order chi connectivity index (χ1) is 26.0. The Hall–Kier alpha value is -1.42. The van der Waals surface area contributed by atoms with Gasteiger partial charge in [-0.15, -0.1) is 0 Å². The monoisotopic (exact) mass is 777 g/mol. The molecule has 6 aliphatic rings. The van der Waals surface area contributed by atoms with Crippen molar-refractivity contribution in [1.82, 2.24) is 0 Å². The second-order valence-corrected chi connectivity index (χ2v) is 20.2. The van der Waals surface area contributed by atoms with Gasteiger partial charge in [-0.05, 0) is 112 Å². The van der Waals surface area contributed by atoms with E-state index in [1.807, 2.05) is 13.8 Å². The molecule has 0 bridgehead atoms. The smallest absolute Gasteiger partial charge is 0.160 e. The van der Waals surface area contributed by atoms with Gasteiger partial charge in [0, 0.05) is 31.1 Å². The summed E-state index contributed by atoms with van der Waals surface area (Å²) in [4.78, 5) is 33.3. The van der Waals surface area contributed by atoms with E-state index in [0.717, 1.165) is 32.1 Å². The standard InChI is InChI=1S/C42H72N4O9/c1-25(9-13-35(39(4,5)55-44)54-36-21-26(45-48)19-28(23-47)51-36)30-15-16-42(8)33-12-10-31-32(40(33,6)17-18-41(30,42)7)11-14-34(38(31,2)3)53-37-22-27(46-49)20-29(52-37)24-50-43/h10,25-30,32-37,47H,9,11-24,43-44H2,1-8H3/t25?,26-,27-,28-,29-,30?,32?,33?,34-,35?,36-,37-,40?,41?,42?/m0/s1. The number of nitroso groups, excluding NO2 is 2. The molecule has 4 aliphatic carbocycles. The van der Waals surface area contributed by atoms with E-state index in [1.165, 1.54) is 25.7 Å². The Morgan fingerprint density at radius 2 is 1.56 bits per heavy atom. The topological polar surface area (TPSA) is 187 Å². The molecule has 0 amide bonds. The summed E-state index contributed by atoms with van der Waals surface area (Å²) < 4.78 is 25.5. The number of fused-ring (bicyclic) bond motifs is 5. The van der Waals surface area contributed by atoms with E-state index in [2.05, 4.69) is 58.0 Å². The Morgan fingerprint density at radius 3 is 2.22 bits per heavy atom. The van der Waals surface area contributed by atoms with E-state index in [0.29, 0.717) is 49.4 Å². The highest BCUT2D eigenvalue weighted by Gasteiger charge is 2.67. The van der Waals surface area contributed by atoms with Crippen molar-refractivity contribution in [2.75, 3.05) is 13.2 Å². The van der Waals surface area contributed by atoms with Crippen molar-refractivity contribution in [3.05, 3.63) is 21.5 Å². The maximum atomic E-state index is 11.5. The van der Waals surface area contributed by atoms with Crippen LogP contribution in [-0.4, -0.2) is 73.0 Å². The number of hydrogen-bond donors (Lipinski definition) is 3. The summed E-state index contributed by atoms with van der Waals surface area (Å²) in [6.45, 7) is 18.8. The summed E-state index contributed by atoms with van der Waals surface area (Å²) in [6, 6.07) is -0.821. The van der Waals surface area contributed by atoms with Crippen LogP contribution in [0.1, 0.15) is 139 Å². The average molecular weight is 777 g/mol. The molecule has 0 aromatic rings. The van der Waals surface area contributed by atoms with E-state index >= 15 is 0 Å². The van der Waals surface area contributed by atoms with Gasteiger partial charge < -0.3 is 28.9 Å². The predicted molar refractivity (Wildman–Crippen MR) is 209 cm³/mol. The Labute approximate surface area is 328 Å². The van der Waals surface area contributed by atoms with Crippen LogP contribution in [0.5, 0.6) is 0 Å². The lowest BCUT2D eigenvalue weighted by molar-refractivity contribution is -0.256. The van der Waals surface area contributed by atoms with Gasteiger partial charge in [-0.25, -0.2) is 11.8 Å². The highest BCUT2D eigenvalue weighted by molar-refractivity contribution is 5.30. The van der Waals surface area contributed by atoms with Crippen LogP contribution in [0, 0.1) is 55.1 Å². The Bertz CT molecular complexity index is 1380. The average Bonchev–Trinajstić information content (AvgIpc) is 3.44. The first kappa shape index (κ1) is 43.2. The Morgan fingerprint density at radius 1 is 0.891 bits per heavy atom. The Balaban J connectivity index is 1.14. The number of nitrogens with two attached hydrogens (primary N) is 2. The normalized spacial score (nSPS) is 44.0. The quantitative estimate of drug-likeness (QED) is 0.0844. The molecule has 15 atom stereocenters. The molecule has 0 aromatic carbocycles. The van der Waals surface area contributed by atoms with E-state index in [4.69, 9.17) is 40.4 Å². The second kappa shape index (κ2) is 16.7. The van der Waals surface area contributed by atoms with Crippen molar-refractivity contribution >= 4 is 0 Å². The van der Waals surface area contributed by atoms with Gasteiger partial charge in [0.1, 0.15) is 5.60 Å². The van der Waals surface area contributed by atoms with Gasteiger partial charge in [0.05, 0.1) is 49.7 Å². The molecule has 2 saturated heterocycles. The summed E-state index contributed by atoms with van der Waals surface area (Å²) >= 11 is 0. The van der Waals surface area contributed by atoms with Crippen LogP contribution in [0.4, 0.5) is 0 Å². The van der Waals surface area contributed by atoms with Crippen molar-refractivity contribution < 1.29 is 33.7 Å². The fourth-order valence-electron chi connectivity index (χ4n) is 13.1. The summed E-state index contributed by atoms with van der Waals surface area (Å²) in [5, 5.41) is 16.4. The largest absolute Gasteiger partial charge is 0.394 e. The summed E-state index contributed by atoms with van der Waals surface area (Å²) in [6.07, 6.45) is 11.7. The van der Waals surface area contributed by atoms with Crippen LogP contribution < -0.4 is 11.8 Å². The molecule has 3 saturated carbocycles. The summed E-state index contributed by atoms with van der Waals surface area (Å²) in [5.41, 5.74) is 1.24. The third kappa shape index (κ3) is 8.01. The number of nitrogens with zero attached hydrogens (tertiary/aromatic N) is 2. The molecule has 5 N–H and O–H groups in total. The van der Waals surface area contributed by atoms with Crippen LogP contribution in [0.3, 0.4) is 0 Å². The zero-order chi connectivity index (χ0) is 40.0. The van der Waals surface area contributed by atoms with E-state index in [9.17, 15) is 14.9 Å². The summed E-state index contributed by atoms with van der Waals surface area (Å²) in [7, 11) is 0. The SMILES string of the molecule is CC(CCC(O[C@H]1C[C@@H](N=O)C[C@@H](CO)O1)C(C)(C)ON)C1CCC2(C)C3CC=C4C(CC[C@H](O[C@H]5C[C@@H](N=O)C[C@@H](CON)O5)C4(C)C)C3(C)CCC12C. The molecule has 13 heteroatoms. The fourth-order valence-corrected chi connectivity index (χ4v) is 13.1. The van der Waals surface area contributed by atoms with Gasteiger partial charge >= 0.3 is 0 Å². The van der Waals surface area contributed by atoms with Crippen molar-refractivity contribution in [1.29, 1.82) is 0 Å². The zero-order valence-corrected chi connectivity index (χ0v) is 34.9. The minimum absolute atomic E-state index is 0.0162. The number of aliphatic hydroxyl groups is 1. The van der Waals surface area contributed by atoms with Gasteiger partial charge in [-0.3, -0.25) is 4.84 Å². The molecule has 0 aromatic heterocycles. The van der Waals surface area contributed by atoms with Gasteiger partial charge in [0.15, 0.2) is 12.6 Å². The molecule has 314 valence electrons. The van der Waals surface area contributed by atoms with Gasteiger partial charge in [0.2, 0.25) is 0 Å². The minimum atomic E-state index is -0.773. The zero-order valence-electron chi connectivity index (χ0n) is 34.9. The third-order valence-corrected chi connectivity index (χ3v) is 16.6. The van der Waals surface area contributed by atoms with Crippen LogP contribution >= 0.6 is 0 Å². The first-order valence-electron chi connectivity index (χ1n) is 21.3. The molecule has 5 fully saturated rings. The molecule has 2 aliphatic heterocycles. The van der Waals surface area contributed by atoms with Crippen molar-refractivity contribution in [3.8, 4) is 0 Å². The first-order valence-corrected chi connectivity index (χ1v) is 21.3. The summed E-state index contributed by atoms with van der Waals surface area (Å²) in [5.74, 6) is 13.3. The molecule has 8 unspecified atom stereocenters. The predicted octanol–water partition coefficient (Wildman–Crippen LogP) is 7.61. The van der Waals surface area contributed by atoms with Gasteiger partial charge in [0.25, 0.3) is 0 Å². The number of rotatable bonds is 15. The van der Waals surface area contributed by atoms with Crippen LogP contribution in [0.25, 0.3) is 0 Å². The van der Waals surface area contributed by atoms with Gasteiger partial charge in [-0.2, -0.15) is 9.81 Å². The lowest BCUT2D eigenvalue weighted by Crippen LogP contribution is -2.59. The fraction of sp³-hybridized carbons (Fsp3) is 0.952. The number of allylic oxidation sites excluding steroid dienone is 1. The van der Waals surface area contributed by atoms with Crippen LogP contribution in [0.15, 0.2) is 22.0 Å². The maximum absolute atomic E-state index is 11.5. The minimum Gasteiger partial charge on any atom is -0.394 e. The Kier molecular flexibility index (Phi) is 13.1. The molecule has 0 radical (unpaired) electrons. The van der Waals surface area contributed by atoms with Crippen LogP contribution in [0.2, 0.25) is 0 Å². The van der Waals surface area contributed by atoms with E-state index < -0.39 is 30.3 Å². The third-order valence-electron chi connectivity index (χ3n) is 16.6. The lowest BCUT2D eigenvalue weighted by Gasteiger charge is -2.66. The van der Waals surface area contributed by atoms with Crippen molar-refractivity contribution in [2.24, 2.45) is 67.5 Å². The molecule has 2 heterocycles. The molecule has 0 spiro atoms. The molecule has 6 rings (SSSR count). The highest BCUT2D eigenvalue weighted by Crippen LogP contribution is 2.75. The second-order valence-electron chi connectivity index (χ2n) is 20.2. The van der Waals surface area contributed by atoms with Crippen molar-refractivity contribution in [3.63, 3.8) is 0 Å². The number of hydrogen-bond acceptors (Lipinski definition) is 13.